The summed E-state index contributed by atoms with van der Waals surface area (Å²) in [5.41, 5.74) is 0. The maximum atomic E-state index is 10.5. The number of hydrogen-bond donors (Lipinski definition) is 1. The Morgan fingerprint density at radius 2 is 1.80 bits per heavy atom. The first-order chi connectivity index (χ1) is 7.02. The third-order valence-electron chi connectivity index (χ3n) is 2.89. The Morgan fingerprint density at radius 1 is 1.20 bits per heavy atom. The van der Waals surface area contributed by atoms with Crippen molar-refractivity contribution in [3.8, 4) is 0 Å². The Balaban J connectivity index is 3.94. The maximum Gasteiger partial charge on any atom is 0.125 e. The van der Waals surface area contributed by atoms with E-state index < -0.39 is 6.10 Å². The Bertz CT molecular complexity index is 191. The minimum atomic E-state index is -0.568. The summed E-state index contributed by atoms with van der Waals surface area (Å²) in [5.74, 6) is 0.212. The molecule has 0 saturated heterocycles. The van der Waals surface area contributed by atoms with Gasteiger partial charge in [0.05, 0.1) is 6.10 Å². The summed E-state index contributed by atoms with van der Waals surface area (Å²) in [6.07, 6.45) is 3.43. The molecule has 88 valence electrons. The first-order valence-electron chi connectivity index (χ1n) is 5.59. The maximum absolute atomic E-state index is 10.5. The van der Waals surface area contributed by atoms with Gasteiger partial charge < -0.3 is 14.7 Å². The number of carbonyl (C=O) groups is 2. The average Bonchev–Trinajstić information content (AvgIpc) is 2.23. The third kappa shape index (κ3) is 5.67. The van der Waals surface area contributed by atoms with Gasteiger partial charge >= 0.3 is 0 Å². The zero-order chi connectivity index (χ0) is 11.8. The molecular formula is C12H22O3. The smallest absolute Gasteiger partial charge is 0.125 e. The van der Waals surface area contributed by atoms with Gasteiger partial charge in [-0.1, -0.05) is 20.8 Å². The molecule has 0 aliphatic rings. The Labute approximate surface area is 91.9 Å². The van der Waals surface area contributed by atoms with Crippen LogP contribution in [0.2, 0.25) is 0 Å². The number of hydrogen-bond acceptors (Lipinski definition) is 3. The molecule has 15 heavy (non-hydrogen) atoms. The SMILES string of the molecule is CC(CCC=O)CC(C)C(O)C(C)C=O. The van der Waals surface area contributed by atoms with E-state index in [1.54, 1.807) is 6.92 Å². The van der Waals surface area contributed by atoms with Crippen LogP contribution in [-0.4, -0.2) is 23.8 Å². The molecule has 0 heterocycles. The molecule has 0 aliphatic carbocycles. The first-order valence-corrected chi connectivity index (χ1v) is 5.59. The second-order valence-corrected chi connectivity index (χ2v) is 4.55. The van der Waals surface area contributed by atoms with Crippen molar-refractivity contribution < 1.29 is 14.7 Å². The zero-order valence-electron chi connectivity index (χ0n) is 9.85. The molecule has 0 fully saturated rings. The summed E-state index contributed by atoms with van der Waals surface area (Å²) >= 11 is 0. The number of rotatable bonds is 8. The Morgan fingerprint density at radius 3 is 2.27 bits per heavy atom. The lowest BCUT2D eigenvalue weighted by atomic mass is 9.86. The fraction of sp³-hybridized carbons (Fsp3) is 0.833. The predicted octanol–water partition coefficient (Wildman–Crippen LogP) is 1.82. The molecule has 4 atom stereocenters. The second-order valence-electron chi connectivity index (χ2n) is 4.55. The van der Waals surface area contributed by atoms with Gasteiger partial charge in [-0.3, -0.25) is 0 Å². The molecule has 0 amide bonds. The molecule has 0 saturated carbocycles. The molecule has 0 aromatic heterocycles. The summed E-state index contributed by atoms with van der Waals surface area (Å²) in [6.45, 7) is 5.74. The van der Waals surface area contributed by atoms with Gasteiger partial charge in [-0.15, -0.1) is 0 Å². The fourth-order valence-corrected chi connectivity index (χ4v) is 1.84. The largest absolute Gasteiger partial charge is 0.392 e. The molecule has 3 nitrogen and oxygen atoms in total. The molecule has 0 aromatic rings. The van der Waals surface area contributed by atoms with Crippen LogP contribution in [0.15, 0.2) is 0 Å². The van der Waals surface area contributed by atoms with E-state index in [1.807, 2.05) is 6.92 Å². The fourth-order valence-electron chi connectivity index (χ4n) is 1.84. The number of aliphatic hydroxyl groups excluding tert-OH is 1. The van der Waals surface area contributed by atoms with Gasteiger partial charge in [-0.25, -0.2) is 0 Å². The third-order valence-corrected chi connectivity index (χ3v) is 2.89. The summed E-state index contributed by atoms with van der Waals surface area (Å²) in [5, 5.41) is 9.76. The molecule has 0 rings (SSSR count). The molecule has 0 aromatic carbocycles. The number of aliphatic hydroxyl groups is 1. The normalized spacial score (nSPS) is 18.9. The van der Waals surface area contributed by atoms with Crippen molar-refractivity contribution in [3.05, 3.63) is 0 Å². The topological polar surface area (TPSA) is 54.4 Å². The van der Waals surface area contributed by atoms with E-state index >= 15 is 0 Å². The van der Waals surface area contributed by atoms with Crippen LogP contribution in [-0.2, 0) is 9.59 Å². The number of aldehydes is 2. The molecule has 0 radical (unpaired) electrons. The van der Waals surface area contributed by atoms with Crippen molar-refractivity contribution >= 4 is 12.6 Å². The van der Waals surface area contributed by atoms with Gasteiger partial charge in [0.15, 0.2) is 0 Å². The summed E-state index contributed by atoms with van der Waals surface area (Å²) in [4.78, 5) is 20.7. The van der Waals surface area contributed by atoms with Crippen molar-refractivity contribution in [1.29, 1.82) is 0 Å². The second kappa shape index (κ2) is 7.57. The van der Waals surface area contributed by atoms with Crippen molar-refractivity contribution in [2.45, 2.75) is 46.1 Å². The van der Waals surface area contributed by atoms with E-state index in [0.29, 0.717) is 12.3 Å². The Hall–Kier alpha value is -0.700. The molecule has 3 heteroatoms. The standard InChI is InChI=1S/C12H22O3/c1-9(5-4-6-13)7-10(2)12(15)11(3)8-14/h6,8-12,15H,4-5,7H2,1-3H3. The van der Waals surface area contributed by atoms with E-state index in [4.69, 9.17) is 0 Å². The minimum Gasteiger partial charge on any atom is -0.392 e. The molecule has 0 spiro atoms. The highest BCUT2D eigenvalue weighted by Gasteiger charge is 2.22. The summed E-state index contributed by atoms with van der Waals surface area (Å²) < 4.78 is 0. The quantitative estimate of drug-likeness (QED) is 0.627. The van der Waals surface area contributed by atoms with Crippen molar-refractivity contribution in [3.63, 3.8) is 0 Å². The Kier molecular flexibility index (Phi) is 7.22. The number of carbonyl (C=O) groups excluding carboxylic acids is 2. The van der Waals surface area contributed by atoms with Crippen LogP contribution < -0.4 is 0 Å². The van der Waals surface area contributed by atoms with Crippen LogP contribution in [0.3, 0.4) is 0 Å². The lowest BCUT2D eigenvalue weighted by Gasteiger charge is -2.23. The highest BCUT2D eigenvalue weighted by atomic mass is 16.3. The molecule has 4 unspecified atom stereocenters. The van der Waals surface area contributed by atoms with Gasteiger partial charge in [0, 0.05) is 12.3 Å². The summed E-state index contributed by atoms with van der Waals surface area (Å²) in [6, 6.07) is 0. The van der Waals surface area contributed by atoms with E-state index in [2.05, 4.69) is 6.92 Å². The van der Waals surface area contributed by atoms with Gasteiger partial charge in [0.2, 0.25) is 0 Å². The molecule has 0 bridgehead atoms. The van der Waals surface area contributed by atoms with Crippen LogP contribution in [0.25, 0.3) is 0 Å². The van der Waals surface area contributed by atoms with E-state index in [0.717, 1.165) is 25.4 Å². The van der Waals surface area contributed by atoms with Crippen molar-refractivity contribution in [2.24, 2.45) is 17.8 Å². The van der Waals surface area contributed by atoms with Crippen LogP contribution in [0.1, 0.15) is 40.0 Å². The van der Waals surface area contributed by atoms with E-state index in [9.17, 15) is 14.7 Å². The van der Waals surface area contributed by atoms with Crippen molar-refractivity contribution in [2.75, 3.05) is 0 Å². The van der Waals surface area contributed by atoms with Gasteiger partial charge in [0.1, 0.15) is 12.6 Å². The highest BCUT2D eigenvalue weighted by molar-refractivity contribution is 5.53. The molecule has 0 aliphatic heterocycles. The van der Waals surface area contributed by atoms with Crippen molar-refractivity contribution in [1.82, 2.24) is 0 Å². The van der Waals surface area contributed by atoms with Gasteiger partial charge in [-0.2, -0.15) is 0 Å². The first kappa shape index (κ1) is 14.3. The van der Waals surface area contributed by atoms with Gasteiger partial charge in [0.25, 0.3) is 0 Å². The van der Waals surface area contributed by atoms with Crippen LogP contribution in [0.5, 0.6) is 0 Å². The van der Waals surface area contributed by atoms with E-state index in [-0.39, 0.29) is 11.8 Å². The molecule has 1 N–H and O–H groups in total. The van der Waals surface area contributed by atoms with Gasteiger partial charge in [-0.05, 0) is 24.7 Å². The van der Waals surface area contributed by atoms with Crippen LogP contribution in [0, 0.1) is 17.8 Å². The monoisotopic (exact) mass is 214 g/mol. The molecular weight excluding hydrogens is 192 g/mol. The van der Waals surface area contributed by atoms with E-state index in [1.165, 1.54) is 0 Å². The van der Waals surface area contributed by atoms with Crippen LogP contribution >= 0.6 is 0 Å². The van der Waals surface area contributed by atoms with Crippen LogP contribution in [0.4, 0.5) is 0 Å². The average molecular weight is 214 g/mol. The lowest BCUT2D eigenvalue weighted by molar-refractivity contribution is -0.114. The minimum absolute atomic E-state index is 0.104. The predicted molar refractivity (Wildman–Crippen MR) is 59.5 cm³/mol. The summed E-state index contributed by atoms with van der Waals surface area (Å²) in [7, 11) is 0. The zero-order valence-corrected chi connectivity index (χ0v) is 9.85. The highest BCUT2D eigenvalue weighted by Crippen LogP contribution is 2.22. The lowest BCUT2D eigenvalue weighted by Crippen LogP contribution is -2.27.